The fourth-order valence-corrected chi connectivity index (χ4v) is 2.90. The van der Waals surface area contributed by atoms with Gasteiger partial charge in [0.15, 0.2) is 5.69 Å². The first-order chi connectivity index (χ1) is 12.1. The lowest BCUT2D eigenvalue weighted by Crippen LogP contribution is -2.34. The standard InChI is InChI=1S/C18H20N4O3/c23-17(15-10-21-16(11-20-15)18(24)25)19-7-3-8-22-9-6-13-4-1-2-5-14(13)12-22/h1-2,4-5,10-11H,3,6-9,12H2,(H,19,23)(H,24,25). The van der Waals surface area contributed by atoms with Crippen LogP contribution < -0.4 is 5.32 Å². The number of rotatable bonds is 6. The predicted octanol–water partition coefficient (Wildman–Crippen LogP) is 1.35. The van der Waals surface area contributed by atoms with Crippen molar-refractivity contribution in [1.82, 2.24) is 20.2 Å². The molecule has 0 bridgehead atoms. The normalized spacial score (nSPS) is 13.9. The smallest absolute Gasteiger partial charge is 0.356 e. The number of fused-ring (bicyclic) bond motifs is 1. The largest absolute Gasteiger partial charge is 0.476 e. The van der Waals surface area contributed by atoms with Gasteiger partial charge in [0.25, 0.3) is 5.91 Å². The molecule has 0 saturated carbocycles. The van der Waals surface area contributed by atoms with E-state index in [1.54, 1.807) is 0 Å². The topological polar surface area (TPSA) is 95.4 Å². The van der Waals surface area contributed by atoms with Crippen LogP contribution >= 0.6 is 0 Å². The zero-order chi connectivity index (χ0) is 17.6. The van der Waals surface area contributed by atoms with Gasteiger partial charge in [-0.15, -0.1) is 0 Å². The average Bonchev–Trinajstić information content (AvgIpc) is 2.65. The molecule has 1 amide bonds. The summed E-state index contributed by atoms with van der Waals surface area (Å²) in [7, 11) is 0. The fourth-order valence-electron chi connectivity index (χ4n) is 2.90. The number of benzene rings is 1. The molecule has 0 unspecified atom stereocenters. The Labute approximate surface area is 145 Å². The summed E-state index contributed by atoms with van der Waals surface area (Å²) in [5.41, 5.74) is 2.75. The van der Waals surface area contributed by atoms with Crippen LogP contribution in [0.1, 0.15) is 38.5 Å². The van der Waals surface area contributed by atoms with E-state index in [4.69, 9.17) is 5.11 Å². The number of aromatic carboxylic acids is 1. The second kappa shape index (κ2) is 7.85. The summed E-state index contributed by atoms with van der Waals surface area (Å²) >= 11 is 0. The highest BCUT2D eigenvalue weighted by atomic mass is 16.4. The lowest BCUT2D eigenvalue weighted by molar-refractivity contribution is 0.0689. The van der Waals surface area contributed by atoms with E-state index in [1.165, 1.54) is 17.3 Å². The van der Waals surface area contributed by atoms with Crippen LogP contribution in [0, 0.1) is 0 Å². The van der Waals surface area contributed by atoms with Crippen LogP contribution in [0.5, 0.6) is 0 Å². The third kappa shape index (κ3) is 4.39. The van der Waals surface area contributed by atoms with Crippen molar-refractivity contribution in [2.75, 3.05) is 19.6 Å². The molecule has 1 aliphatic heterocycles. The number of hydrogen-bond donors (Lipinski definition) is 2. The van der Waals surface area contributed by atoms with Crippen molar-refractivity contribution in [2.24, 2.45) is 0 Å². The van der Waals surface area contributed by atoms with Crippen molar-refractivity contribution in [3.05, 3.63) is 59.2 Å². The van der Waals surface area contributed by atoms with E-state index < -0.39 is 5.97 Å². The van der Waals surface area contributed by atoms with Crippen LogP contribution in [-0.2, 0) is 13.0 Å². The molecular weight excluding hydrogens is 320 g/mol. The van der Waals surface area contributed by atoms with Crippen LogP contribution in [0.25, 0.3) is 0 Å². The predicted molar refractivity (Wildman–Crippen MR) is 91.4 cm³/mol. The Morgan fingerprint density at radius 3 is 2.56 bits per heavy atom. The van der Waals surface area contributed by atoms with Crippen molar-refractivity contribution in [3.8, 4) is 0 Å². The second-order valence-corrected chi connectivity index (χ2v) is 6.00. The summed E-state index contributed by atoms with van der Waals surface area (Å²) in [4.78, 5) is 32.6. The number of carbonyl (C=O) groups excluding carboxylic acids is 1. The highest BCUT2D eigenvalue weighted by Crippen LogP contribution is 2.18. The molecule has 130 valence electrons. The lowest BCUT2D eigenvalue weighted by atomic mass is 10.00. The highest BCUT2D eigenvalue weighted by molar-refractivity contribution is 5.92. The third-order valence-corrected chi connectivity index (χ3v) is 4.25. The Morgan fingerprint density at radius 1 is 1.12 bits per heavy atom. The van der Waals surface area contributed by atoms with Gasteiger partial charge < -0.3 is 10.4 Å². The van der Waals surface area contributed by atoms with Crippen molar-refractivity contribution >= 4 is 11.9 Å². The number of aromatic nitrogens is 2. The van der Waals surface area contributed by atoms with Gasteiger partial charge in [0.05, 0.1) is 12.4 Å². The molecule has 0 radical (unpaired) electrons. The molecule has 0 fully saturated rings. The highest BCUT2D eigenvalue weighted by Gasteiger charge is 2.15. The Kier molecular flexibility index (Phi) is 5.35. The van der Waals surface area contributed by atoms with Gasteiger partial charge in [-0.05, 0) is 24.0 Å². The molecule has 2 N–H and O–H groups in total. The van der Waals surface area contributed by atoms with Gasteiger partial charge in [0.1, 0.15) is 5.69 Å². The summed E-state index contributed by atoms with van der Waals surface area (Å²) in [5, 5.41) is 11.6. The zero-order valence-corrected chi connectivity index (χ0v) is 13.8. The van der Waals surface area contributed by atoms with E-state index >= 15 is 0 Å². The minimum atomic E-state index is -1.16. The molecule has 3 rings (SSSR count). The minimum Gasteiger partial charge on any atom is -0.476 e. The number of carbonyl (C=O) groups is 2. The second-order valence-electron chi connectivity index (χ2n) is 6.00. The Bertz CT molecular complexity index is 761. The maximum absolute atomic E-state index is 12.0. The van der Waals surface area contributed by atoms with Crippen molar-refractivity contribution in [1.29, 1.82) is 0 Å². The molecule has 2 aromatic rings. The van der Waals surface area contributed by atoms with Gasteiger partial charge in [-0.25, -0.2) is 14.8 Å². The SMILES string of the molecule is O=C(O)c1cnc(C(=O)NCCCN2CCc3ccccc3C2)cn1. The van der Waals surface area contributed by atoms with E-state index in [0.29, 0.717) is 6.54 Å². The zero-order valence-electron chi connectivity index (χ0n) is 13.8. The Hall–Kier alpha value is -2.80. The molecule has 0 aliphatic carbocycles. The maximum Gasteiger partial charge on any atom is 0.356 e. The first-order valence-electron chi connectivity index (χ1n) is 8.26. The monoisotopic (exact) mass is 340 g/mol. The third-order valence-electron chi connectivity index (χ3n) is 4.25. The van der Waals surface area contributed by atoms with Gasteiger partial charge in [-0.2, -0.15) is 0 Å². The molecular formula is C18H20N4O3. The van der Waals surface area contributed by atoms with Crippen LogP contribution in [0.15, 0.2) is 36.7 Å². The number of nitrogens with zero attached hydrogens (tertiary/aromatic N) is 3. The molecule has 1 aromatic heterocycles. The molecule has 25 heavy (non-hydrogen) atoms. The molecule has 1 aliphatic rings. The van der Waals surface area contributed by atoms with Gasteiger partial charge in [0.2, 0.25) is 0 Å². The first-order valence-corrected chi connectivity index (χ1v) is 8.26. The van der Waals surface area contributed by atoms with E-state index in [0.717, 1.165) is 38.7 Å². The van der Waals surface area contributed by atoms with Crippen LogP contribution in [0.4, 0.5) is 0 Å². The molecule has 7 heteroatoms. The van der Waals surface area contributed by atoms with Gasteiger partial charge in [0, 0.05) is 26.2 Å². The van der Waals surface area contributed by atoms with Crippen LogP contribution in [-0.4, -0.2) is 51.5 Å². The number of carboxylic acids is 1. The van der Waals surface area contributed by atoms with E-state index in [1.807, 2.05) is 0 Å². The van der Waals surface area contributed by atoms with Crippen molar-refractivity contribution in [3.63, 3.8) is 0 Å². The molecule has 1 aromatic carbocycles. The minimum absolute atomic E-state index is 0.122. The summed E-state index contributed by atoms with van der Waals surface area (Å²) in [5.74, 6) is -1.50. The number of amides is 1. The van der Waals surface area contributed by atoms with E-state index in [2.05, 4.69) is 44.5 Å². The fraction of sp³-hybridized carbons (Fsp3) is 0.333. The summed E-state index contributed by atoms with van der Waals surface area (Å²) < 4.78 is 0. The lowest BCUT2D eigenvalue weighted by Gasteiger charge is -2.28. The Balaban J connectivity index is 1.41. The quantitative estimate of drug-likeness (QED) is 0.771. The van der Waals surface area contributed by atoms with Gasteiger partial charge in [-0.3, -0.25) is 9.69 Å². The van der Waals surface area contributed by atoms with E-state index in [-0.39, 0.29) is 17.3 Å². The molecule has 7 nitrogen and oxygen atoms in total. The number of nitrogens with one attached hydrogen (secondary N) is 1. The molecule has 2 heterocycles. The number of hydrogen-bond acceptors (Lipinski definition) is 5. The summed E-state index contributed by atoms with van der Waals surface area (Å²) in [6.45, 7) is 3.44. The summed E-state index contributed by atoms with van der Waals surface area (Å²) in [6, 6.07) is 8.50. The van der Waals surface area contributed by atoms with Gasteiger partial charge >= 0.3 is 5.97 Å². The summed E-state index contributed by atoms with van der Waals surface area (Å²) in [6.07, 6.45) is 4.17. The molecule has 0 saturated heterocycles. The number of carboxylic acid groups (broad SMARTS) is 1. The van der Waals surface area contributed by atoms with Crippen LogP contribution in [0.2, 0.25) is 0 Å². The van der Waals surface area contributed by atoms with Gasteiger partial charge in [-0.1, -0.05) is 24.3 Å². The van der Waals surface area contributed by atoms with Crippen molar-refractivity contribution in [2.45, 2.75) is 19.4 Å². The molecule has 0 spiro atoms. The van der Waals surface area contributed by atoms with Crippen LogP contribution in [0.3, 0.4) is 0 Å². The maximum atomic E-state index is 12.0. The molecule has 0 atom stereocenters. The van der Waals surface area contributed by atoms with E-state index in [9.17, 15) is 9.59 Å². The first kappa shape index (κ1) is 17.0. The Morgan fingerprint density at radius 2 is 1.84 bits per heavy atom. The average molecular weight is 340 g/mol. The van der Waals surface area contributed by atoms with Crippen molar-refractivity contribution < 1.29 is 14.7 Å².